The minimum absolute atomic E-state index is 0.0365. The molecule has 0 saturated heterocycles. The third kappa shape index (κ3) is 16.6. The number of halogens is 1. The second-order valence-electron chi connectivity index (χ2n) is 6.12. The Bertz CT molecular complexity index is 386. The molecule has 154 valence electrons. The molecule has 0 heterocycles. The molecular weight excluding hydrogens is 363 g/mol. The molecule has 0 aliphatic heterocycles. The van der Waals surface area contributed by atoms with E-state index < -0.39 is 11.4 Å². The van der Waals surface area contributed by atoms with Crippen molar-refractivity contribution in [1.82, 2.24) is 10.6 Å². The molecule has 7 nitrogen and oxygen atoms in total. The lowest BCUT2D eigenvalue weighted by atomic mass is 10.3. The Balaban J connectivity index is 3.33. The minimum atomic E-state index is -1.24. The lowest BCUT2D eigenvalue weighted by Gasteiger charge is -2.12. The molecule has 2 atom stereocenters. The van der Waals surface area contributed by atoms with Crippen molar-refractivity contribution in [2.24, 2.45) is 0 Å². The lowest BCUT2D eigenvalue weighted by Crippen LogP contribution is -2.36. The van der Waals surface area contributed by atoms with Gasteiger partial charge in [0.25, 0.3) is 0 Å². The monoisotopic (exact) mass is 396 g/mol. The number of amides is 2. The van der Waals surface area contributed by atoms with Crippen LogP contribution in [0.4, 0.5) is 4.39 Å². The summed E-state index contributed by atoms with van der Waals surface area (Å²) in [6, 6.07) is 0. The number of thiol groups is 1. The maximum Gasteiger partial charge on any atom is 0.246 e. The summed E-state index contributed by atoms with van der Waals surface area (Å²) in [5.41, 5.74) is 0. The largest absolute Gasteiger partial charge is 0.381 e. The highest BCUT2D eigenvalue weighted by Crippen LogP contribution is 1.96. The normalized spacial score (nSPS) is 13.5. The molecule has 2 N–H and O–H groups in total. The van der Waals surface area contributed by atoms with Crippen LogP contribution in [0.5, 0.6) is 0 Å². The van der Waals surface area contributed by atoms with Crippen molar-refractivity contribution >= 4 is 24.4 Å². The standard InChI is InChI=1S/C17H33FN2O5S/c1-13(2)25-12-16(21)19-6-4-7-23-8-5-9-24-11-15(18)10-20-17(22)14(3)26/h13-15,26H,4-12H2,1-3H3,(H,19,21)(H,20,22). The van der Waals surface area contributed by atoms with Gasteiger partial charge in [-0.2, -0.15) is 12.6 Å². The Morgan fingerprint density at radius 2 is 1.69 bits per heavy atom. The van der Waals surface area contributed by atoms with Gasteiger partial charge in [0, 0.05) is 26.4 Å². The minimum Gasteiger partial charge on any atom is -0.381 e. The molecule has 0 aromatic carbocycles. The summed E-state index contributed by atoms with van der Waals surface area (Å²) in [5.74, 6) is -0.430. The van der Waals surface area contributed by atoms with Crippen LogP contribution in [0.25, 0.3) is 0 Å². The Morgan fingerprint density at radius 3 is 2.35 bits per heavy atom. The van der Waals surface area contributed by atoms with Crippen molar-refractivity contribution in [3.05, 3.63) is 0 Å². The zero-order chi connectivity index (χ0) is 19.8. The number of hydrogen-bond donors (Lipinski definition) is 3. The van der Waals surface area contributed by atoms with Crippen molar-refractivity contribution in [2.45, 2.75) is 51.1 Å². The fraction of sp³-hybridized carbons (Fsp3) is 0.882. The maximum atomic E-state index is 13.5. The highest BCUT2D eigenvalue weighted by molar-refractivity contribution is 7.81. The van der Waals surface area contributed by atoms with Gasteiger partial charge >= 0.3 is 0 Å². The van der Waals surface area contributed by atoms with E-state index in [0.717, 1.165) is 0 Å². The number of carbonyl (C=O) groups excluding carboxylic acids is 2. The molecule has 0 bridgehead atoms. The zero-order valence-corrected chi connectivity index (χ0v) is 16.9. The Morgan fingerprint density at radius 1 is 1.04 bits per heavy atom. The van der Waals surface area contributed by atoms with Gasteiger partial charge in [-0.25, -0.2) is 4.39 Å². The molecule has 0 aliphatic carbocycles. The van der Waals surface area contributed by atoms with Gasteiger partial charge in [0.2, 0.25) is 11.8 Å². The molecule has 0 radical (unpaired) electrons. The summed E-state index contributed by atoms with van der Waals surface area (Å²) in [7, 11) is 0. The third-order valence-electron chi connectivity index (χ3n) is 3.09. The topological polar surface area (TPSA) is 85.9 Å². The summed E-state index contributed by atoms with van der Waals surface area (Å²) < 4.78 is 29.3. The van der Waals surface area contributed by atoms with E-state index >= 15 is 0 Å². The molecule has 0 fully saturated rings. The highest BCUT2D eigenvalue weighted by Gasteiger charge is 2.11. The van der Waals surface area contributed by atoms with Crippen LogP contribution in [-0.4, -0.2) is 75.5 Å². The number of nitrogens with one attached hydrogen (secondary N) is 2. The third-order valence-corrected chi connectivity index (χ3v) is 3.32. The van der Waals surface area contributed by atoms with Crippen LogP contribution in [-0.2, 0) is 23.8 Å². The van der Waals surface area contributed by atoms with Crippen LogP contribution < -0.4 is 10.6 Å². The van der Waals surface area contributed by atoms with Crippen molar-refractivity contribution in [3.8, 4) is 0 Å². The van der Waals surface area contributed by atoms with Gasteiger partial charge in [-0.15, -0.1) is 0 Å². The SMILES string of the molecule is CC(C)OCC(=O)NCCCOCCCOCC(F)CNC(=O)C(C)S. The maximum absolute atomic E-state index is 13.5. The van der Waals surface area contributed by atoms with E-state index in [4.69, 9.17) is 14.2 Å². The van der Waals surface area contributed by atoms with Gasteiger partial charge in [0.1, 0.15) is 12.8 Å². The number of hydrogen-bond acceptors (Lipinski definition) is 6. The molecule has 0 saturated carbocycles. The van der Waals surface area contributed by atoms with Gasteiger partial charge in [-0.1, -0.05) is 0 Å². The van der Waals surface area contributed by atoms with Gasteiger partial charge in [0.05, 0.1) is 24.5 Å². The van der Waals surface area contributed by atoms with Crippen LogP contribution >= 0.6 is 12.6 Å². The van der Waals surface area contributed by atoms with Crippen molar-refractivity contribution in [1.29, 1.82) is 0 Å². The number of carbonyl (C=O) groups is 2. The molecule has 0 spiro atoms. The molecule has 0 rings (SSSR count). The van der Waals surface area contributed by atoms with E-state index in [1.807, 2.05) is 13.8 Å². The van der Waals surface area contributed by atoms with Crippen molar-refractivity contribution in [3.63, 3.8) is 0 Å². The molecule has 0 aliphatic rings. The van der Waals surface area contributed by atoms with Gasteiger partial charge in [-0.3, -0.25) is 9.59 Å². The predicted molar refractivity (Wildman–Crippen MR) is 101 cm³/mol. The van der Waals surface area contributed by atoms with Gasteiger partial charge in [0.15, 0.2) is 0 Å². The Labute approximate surface area is 161 Å². The number of alkyl halides is 1. The van der Waals surface area contributed by atoms with Crippen LogP contribution in [0.1, 0.15) is 33.6 Å². The summed E-state index contributed by atoms with van der Waals surface area (Å²) in [5, 5.41) is 4.74. The van der Waals surface area contributed by atoms with E-state index in [-0.39, 0.29) is 37.7 Å². The van der Waals surface area contributed by atoms with Crippen LogP contribution in [0.3, 0.4) is 0 Å². The first-order valence-electron chi connectivity index (χ1n) is 8.96. The van der Waals surface area contributed by atoms with E-state index in [1.54, 1.807) is 6.92 Å². The highest BCUT2D eigenvalue weighted by atomic mass is 32.1. The van der Waals surface area contributed by atoms with Crippen molar-refractivity contribution in [2.75, 3.05) is 46.1 Å². The molecule has 9 heteroatoms. The van der Waals surface area contributed by atoms with Crippen molar-refractivity contribution < 1.29 is 28.2 Å². The summed E-state index contributed by atoms with van der Waals surface area (Å²) >= 11 is 3.96. The average Bonchev–Trinajstić information content (AvgIpc) is 2.59. The lowest BCUT2D eigenvalue weighted by molar-refractivity contribution is -0.127. The average molecular weight is 397 g/mol. The van der Waals surface area contributed by atoms with E-state index in [0.29, 0.717) is 39.2 Å². The molecule has 2 unspecified atom stereocenters. The van der Waals surface area contributed by atoms with Crippen LogP contribution in [0, 0.1) is 0 Å². The Hall–Kier alpha value is -0.900. The van der Waals surface area contributed by atoms with Crippen LogP contribution in [0.2, 0.25) is 0 Å². The molecule has 26 heavy (non-hydrogen) atoms. The second-order valence-corrected chi connectivity index (χ2v) is 6.90. The zero-order valence-electron chi connectivity index (χ0n) is 16.0. The van der Waals surface area contributed by atoms with E-state index in [9.17, 15) is 14.0 Å². The summed E-state index contributed by atoms with van der Waals surface area (Å²) in [6.07, 6.45) is 0.163. The predicted octanol–water partition coefficient (Wildman–Crippen LogP) is 1.11. The first-order chi connectivity index (χ1) is 12.3. The van der Waals surface area contributed by atoms with E-state index in [2.05, 4.69) is 23.3 Å². The summed E-state index contributed by atoms with van der Waals surface area (Å²) in [6.45, 7) is 7.28. The number of rotatable bonds is 16. The molecule has 0 aromatic rings. The fourth-order valence-corrected chi connectivity index (χ4v) is 1.78. The molecule has 2 amide bonds. The second kappa shape index (κ2) is 16.3. The summed E-state index contributed by atoms with van der Waals surface area (Å²) in [4.78, 5) is 22.6. The smallest absolute Gasteiger partial charge is 0.246 e. The first-order valence-corrected chi connectivity index (χ1v) is 9.48. The first kappa shape index (κ1) is 25.1. The number of ether oxygens (including phenoxy) is 3. The Kier molecular flexibility index (Phi) is 15.7. The van der Waals surface area contributed by atoms with Gasteiger partial charge < -0.3 is 24.8 Å². The van der Waals surface area contributed by atoms with Gasteiger partial charge in [-0.05, 0) is 33.6 Å². The van der Waals surface area contributed by atoms with E-state index in [1.165, 1.54) is 0 Å². The fourth-order valence-electron chi connectivity index (χ4n) is 1.69. The quantitative estimate of drug-likeness (QED) is 0.269. The molecular formula is C17H33FN2O5S. The molecule has 0 aromatic heterocycles. The van der Waals surface area contributed by atoms with Crippen LogP contribution in [0.15, 0.2) is 0 Å².